The Labute approximate surface area is 154 Å². The number of benzene rings is 2. The zero-order valence-electron chi connectivity index (χ0n) is 15.4. The number of amides is 2. The molecule has 0 fully saturated rings. The van der Waals surface area contributed by atoms with Gasteiger partial charge in [-0.3, -0.25) is 9.59 Å². The van der Waals surface area contributed by atoms with Crippen LogP contribution in [0.1, 0.15) is 37.5 Å². The number of carbonyl (C=O) groups is 2. The van der Waals surface area contributed by atoms with E-state index in [9.17, 15) is 9.59 Å². The third-order valence-corrected chi connectivity index (χ3v) is 4.25. The number of hydrogen-bond acceptors (Lipinski definition) is 3. The summed E-state index contributed by atoms with van der Waals surface area (Å²) in [5.74, 6) is -0.482. The molecule has 0 aliphatic carbocycles. The summed E-state index contributed by atoms with van der Waals surface area (Å²) in [4.78, 5) is 26.0. The lowest BCUT2D eigenvalue weighted by Gasteiger charge is -2.22. The summed E-state index contributed by atoms with van der Waals surface area (Å²) in [5, 5.41) is 11.9. The fraction of sp³-hybridized carbons (Fsp3) is 0.286. The van der Waals surface area contributed by atoms with Crippen LogP contribution >= 0.6 is 0 Å². The number of nitrogens with one attached hydrogen (secondary N) is 1. The normalized spacial score (nSPS) is 10.1. The summed E-state index contributed by atoms with van der Waals surface area (Å²) >= 11 is 0. The molecule has 0 atom stereocenters. The van der Waals surface area contributed by atoms with Crippen LogP contribution in [-0.2, 0) is 22.4 Å². The molecule has 0 saturated carbocycles. The molecule has 26 heavy (non-hydrogen) atoms. The van der Waals surface area contributed by atoms with Crippen molar-refractivity contribution in [2.24, 2.45) is 0 Å². The van der Waals surface area contributed by atoms with Gasteiger partial charge in [-0.2, -0.15) is 5.26 Å². The molecule has 0 radical (unpaired) electrons. The average molecular weight is 349 g/mol. The van der Waals surface area contributed by atoms with Gasteiger partial charge in [-0.05, 0) is 48.2 Å². The number of rotatable bonds is 6. The SMILES string of the molecule is CCc1cccc(CC)c1NC(=O)CN(C(C)=O)c1ccc(C#N)cc1. The molecule has 134 valence electrons. The summed E-state index contributed by atoms with van der Waals surface area (Å²) in [6.45, 7) is 5.43. The lowest BCUT2D eigenvalue weighted by atomic mass is 10.0. The molecule has 1 N–H and O–H groups in total. The quantitative estimate of drug-likeness (QED) is 0.864. The highest BCUT2D eigenvalue weighted by atomic mass is 16.2. The molecule has 0 saturated heterocycles. The molecular formula is C21H23N3O2. The molecule has 0 aliphatic rings. The van der Waals surface area contributed by atoms with E-state index in [1.54, 1.807) is 24.3 Å². The third kappa shape index (κ3) is 4.48. The molecule has 2 aromatic carbocycles. The predicted octanol–water partition coefficient (Wildman–Crippen LogP) is 3.67. The van der Waals surface area contributed by atoms with Crippen LogP contribution in [0.2, 0.25) is 0 Å². The second-order valence-electron chi connectivity index (χ2n) is 5.97. The van der Waals surface area contributed by atoms with Crippen molar-refractivity contribution in [1.29, 1.82) is 5.26 Å². The highest BCUT2D eigenvalue weighted by Gasteiger charge is 2.17. The first-order chi connectivity index (χ1) is 12.5. The molecule has 2 aromatic rings. The first-order valence-electron chi connectivity index (χ1n) is 8.69. The maximum absolute atomic E-state index is 12.6. The second-order valence-corrected chi connectivity index (χ2v) is 5.97. The Balaban J connectivity index is 2.21. The first kappa shape index (κ1) is 19.2. The average Bonchev–Trinajstić information content (AvgIpc) is 2.66. The van der Waals surface area contributed by atoms with E-state index in [-0.39, 0.29) is 18.4 Å². The van der Waals surface area contributed by atoms with Crippen molar-refractivity contribution in [2.45, 2.75) is 33.6 Å². The Morgan fingerprint density at radius 2 is 1.62 bits per heavy atom. The van der Waals surface area contributed by atoms with Gasteiger partial charge < -0.3 is 10.2 Å². The summed E-state index contributed by atoms with van der Waals surface area (Å²) in [6, 6.07) is 14.6. The van der Waals surface area contributed by atoms with Gasteiger partial charge in [0.1, 0.15) is 6.54 Å². The van der Waals surface area contributed by atoms with E-state index in [0.717, 1.165) is 29.7 Å². The van der Waals surface area contributed by atoms with Gasteiger partial charge in [-0.25, -0.2) is 0 Å². The highest BCUT2D eigenvalue weighted by Crippen LogP contribution is 2.23. The van der Waals surface area contributed by atoms with Gasteiger partial charge in [0.05, 0.1) is 11.6 Å². The Kier molecular flexibility index (Phi) is 6.51. The van der Waals surface area contributed by atoms with E-state index < -0.39 is 0 Å². The minimum Gasteiger partial charge on any atom is -0.324 e. The number of nitriles is 1. The molecule has 2 amide bonds. The van der Waals surface area contributed by atoms with Crippen LogP contribution in [0.25, 0.3) is 0 Å². The lowest BCUT2D eigenvalue weighted by Crippen LogP contribution is -2.37. The number of carbonyl (C=O) groups excluding carboxylic acids is 2. The van der Waals surface area contributed by atoms with E-state index in [0.29, 0.717) is 11.3 Å². The highest BCUT2D eigenvalue weighted by molar-refractivity contribution is 6.02. The van der Waals surface area contributed by atoms with Crippen molar-refractivity contribution in [3.63, 3.8) is 0 Å². The zero-order valence-corrected chi connectivity index (χ0v) is 15.4. The largest absolute Gasteiger partial charge is 0.324 e. The molecule has 0 bridgehead atoms. The van der Waals surface area contributed by atoms with Crippen LogP contribution in [0.3, 0.4) is 0 Å². The molecule has 5 heteroatoms. The Hall–Kier alpha value is -3.13. The third-order valence-electron chi connectivity index (χ3n) is 4.25. The number of para-hydroxylation sites is 1. The van der Waals surface area contributed by atoms with Crippen LogP contribution in [0.5, 0.6) is 0 Å². The van der Waals surface area contributed by atoms with Gasteiger partial charge >= 0.3 is 0 Å². The lowest BCUT2D eigenvalue weighted by molar-refractivity contribution is -0.120. The summed E-state index contributed by atoms with van der Waals surface area (Å²) in [6.07, 6.45) is 1.63. The standard InChI is InChI=1S/C21H23N3O2/c1-4-17-7-6-8-18(5-2)21(17)23-20(26)14-24(15(3)25)19-11-9-16(13-22)10-12-19/h6-12H,4-5,14H2,1-3H3,(H,23,26). The maximum atomic E-state index is 12.6. The van der Waals surface area contributed by atoms with Crippen molar-refractivity contribution in [1.82, 2.24) is 0 Å². The number of hydrogen-bond donors (Lipinski definition) is 1. The fourth-order valence-electron chi connectivity index (χ4n) is 2.83. The van der Waals surface area contributed by atoms with Crippen molar-refractivity contribution in [2.75, 3.05) is 16.8 Å². The van der Waals surface area contributed by atoms with E-state index in [2.05, 4.69) is 5.32 Å². The van der Waals surface area contributed by atoms with Crippen LogP contribution in [0, 0.1) is 11.3 Å². The van der Waals surface area contributed by atoms with Crippen molar-refractivity contribution in [3.05, 3.63) is 59.2 Å². The number of nitrogens with zero attached hydrogens (tertiary/aromatic N) is 2. The predicted molar refractivity (Wildman–Crippen MR) is 103 cm³/mol. The van der Waals surface area contributed by atoms with Gasteiger partial charge in [-0.1, -0.05) is 32.0 Å². The van der Waals surface area contributed by atoms with Crippen molar-refractivity contribution in [3.8, 4) is 6.07 Å². The second kappa shape index (κ2) is 8.82. The smallest absolute Gasteiger partial charge is 0.244 e. The first-order valence-corrected chi connectivity index (χ1v) is 8.69. The fourth-order valence-corrected chi connectivity index (χ4v) is 2.83. The van der Waals surface area contributed by atoms with Crippen LogP contribution < -0.4 is 10.2 Å². The van der Waals surface area contributed by atoms with Crippen LogP contribution in [-0.4, -0.2) is 18.4 Å². The summed E-state index contributed by atoms with van der Waals surface area (Å²) < 4.78 is 0. The molecular weight excluding hydrogens is 326 g/mol. The molecule has 0 heterocycles. The minimum atomic E-state index is -0.250. The molecule has 5 nitrogen and oxygen atoms in total. The van der Waals surface area contributed by atoms with E-state index in [4.69, 9.17) is 5.26 Å². The van der Waals surface area contributed by atoms with Crippen LogP contribution in [0.15, 0.2) is 42.5 Å². The Morgan fingerprint density at radius 3 is 2.08 bits per heavy atom. The Morgan fingerprint density at radius 1 is 1.04 bits per heavy atom. The van der Waals surface area contributed by atoms with Gasteiger partial charge in [0.15, 0.2) is 0 Å². The molecule has 0 unspecified atom stereocenters. The van der Waals surface area contributed by atoms with E-state index >= 15 is 0 Å². The monoisotopic (exact) mass is 349 g/mol. The van der Waals surface area contributed by atoms with Crippen LogP contribution in [0.4, 0.5) is 11.4 Å². The molecule has 0 aliphatic heterocycles. The molecule has 0 spiro atoms. The van der Waals surface area contributed by atoms with E-state index in [1.165, 1.54) is 11.8 Å². The summed E-state index contributed by atoms with van der Waals surface area (Å²) in [7, 11) is 0. The topological polar surface area (TPSA) is 73.2 Å². The number of anilines is 2. The van der Waals surface area contributed by atoms with Gasteiger partial charge in [0.25, 0.3) is 0 Å². The molecule has 0 aromatic heterocycles. The zero-order chi connectivity index (χ0) is 19.1. The maximum Gasteiger partial charge on any atom is 0.244 e. The van der Waals surface area contributed by atoms with Gasteiger partial charge in [-0.15, -0.1) is 0 Å². The molecule has 2 rings (SSSR count). The van der Waals surface area contributed by atoms with E-state index in [1.807, 2.05) is 38.1 Å². The van der Waals surface area contributed by atoms with Crippen molar-refractivity contribution < 1.29 is 9.59 Å². The summed E-state index contributed by atoms with van der Waals surface area (Å²) in [5.41, 5.74) is 4.08. The van der Waals surface area contributed by atoms with Crippen molar-refractivity contribution >= 4 is 23.2 Å². The number of aryl methyl sites for hydroxylation is 2. The van der Waals surface area contributed by atoms with Gasteiger partial charge in [0, 0.05) is 18.3 Å². The minimum absolute atomic E-state index is 0.0809. The van der Waals surface area contributed by atoms with Gasteiger partial charge in [0.2, 0.25) is 11.8 Å². The Bertz CT molecular complexity index is 813.